The number of aliphatic hydroxyl groups excluding tert-OH is 1. The fourth-order valence-corrected chi connectivity index (χ4v) is 1.67. The third-order valence-electron chi connectivity index (χ3n) is 2.38. The summed E-state index contributed by atoms with van der Waals surface area (Å²) in [7, 11) is 1.62. The van der Waals surface area contributed by atoms with Crippen molar-refractivity contribution in [3.8, 4) is 11.5 Å². The zero-order valence-corrected chi connectivity index (χ0v) is 8.82. The van der Waals surface area contributed by atoms with E-state index in [1.165, 1.54) is 0 Å². The number of benzene rings is 1. The van der Waals surface area contributed by atoms with Gasteiger partial charge in [-0.2, -0.15) is 0 Å². The summed E-state index contributed by atoms with van der Waals surface area (Å²) in [6, 6.07) is 3.66. The van der Waals surface area contributed by atoms with Crippen molar-refractivity contribution in [3.05, 3.63) is 23.3 Å². The number of methoxy groups -OCH3 is 1. The number of hydrogen-bond acceptors (Lipinski definition) is 4. The summed E-state index contributed by atoms with van der Waals surface area (Å²) in [6.07, 6.45) is -0.537. The topological polar surface area (TPSA) is 47.9 Å². The molecule has 1 N–H and O–H groups in total. The molecule has 1 heterocycles. The fourth-order valence-electron chi connectivity index (χ4n) is 1.67. The summed E-state index contributed by atoms with van der Waals surface area (Å²) in [5.74, 6) is 1.40. The van der Waals surface area contributed by atoms with E-state index in [1.54, 1.807) is 20.1 Å². The van der Waals surface area contributed by atoms with Crippen molar-refractivity contribution in [2.75, 3.05) is 13.9 Å². The summed E-state index contributed by atoms with van der Waals surface area (Å²) in [6.45, 7) is 2.42. The van der Waals surface area contributed by atoms with Gasteiger partial charge in [-0.05, 0) is 30.2 Å². The van der Waals surface area contributed by atoms with Crippen LogP contribution in [0.15, 0.2) is 12.1 Å². The van der Waals surface area contributed by atoms with Gasteiger partial charge in [0, 0.05) is 7.11 Å². The maximum absolute atomic E-state index is 9.61. The summed E-state index contributed by atoms with van der Waals surface area (Å²) in [5.41, 5.74) is 1.75. The van der Waals surface area contributed by atoms with Crippen molar-refractivity contribution in [1.82, 2.24) is 0 Å². The van der Waals surface area contributed by atoms with Gasteiger partial charge in [0.2, 0.25) is 6.79 Å². The second kappa shape index (κ2) is 4.08. The molecule has 1 unspecified atom stereocenters. The average molecular weight is 210 g/mol. The van der Waals surface area contributed by atoms with Crippen LogP contribution in [0.2, 0.25) is 0 Å². The Hall–Kier alpha value is -1.26. The number of fused-ring (bicyclic) bond motifs is 1. The van der Waals surface area contributed by atoms with Crippen LogP contribution in [-0.4, -0.2) is 19.0 Å². The first-order chi connectivity index (χ1) is 7.22. The van der Waals surface area contributed by atoms with Crippen LogP contribution in [-0.2, 0) is 11.3 Å². The van der Waals surface area contributed by atoms with Crippen LogP contribution in [0.5, 0.6) is 11.5 Å². The highest BCUT2D eigenvalue weighted by Gasteiger charge is 2.18. The largest absolute Gasteiger partial charge is 0.454 e. The molecule has 0 fully saturated rings. The first kappa shape index (κ1) is 10.3. The molecule has 15 heavy (non-hydrogen) atoms. The van der Waals surface area contributed by atoms with Gasteiger partial charge >= 0.3 is 0 Å². The van der Waals surface area contributed by atoms with Crippen LogP contribution in [0.25, 0.3) is 0 Å². The summed E-state index contributed by atoms with van der Waals surface area (Å²) >= 11 is 0. The highest BCUT2D eigenvalue weighted by atomic mass is 16.7. The molecule has 1 atom stereocenters. The summed E-state index contributed by atoms with van der Waals surface area (Å²) in [5, 5.41) is 9.61. The Balaban J connectivity index is 2.42. The van der Waals surface area contributed by atoms with Crippen LogP contribution in [0.4, 0.5) is 0 Å². The molecular formula is C11H14O4. The Kier molecular flexibility index (Phi) is 2.79. The molecule has 0 bridgehead atoms. The van der Waals surface area contributed by atoms with E-state index in [1.807, 2.05) is 6.07 Å². The fraction of sp³-hybridized carbons (Fsp3) is 0.455. The van der Waals surface area contributed by atoms with E-state index in [0.717, 1.165) is 11.1 Å². The van der Waals surface area contributed by atoms with Crippen LogP contribution in [0.3, 0.4) is 0 Å². The molecule has 1 aromatic rings. The zero-order valence-electron chi connectivity index (χ0n) is 8.82. The van der Waals surface area contributed by atoms with E-state index < -0.39 is 6.10 Å². The minimum Gasteiger partial charge on any atom is -0.454 e. The van der Waals surface area contributed by atoms with E-state index >= 15 is 0 Å². The van der Waals surface area contributed by atoms with Crippen molar-refractivity contribution in [1.29, 1.82) is 0 Å². The second-order valence-electron chi connectivity index (χ2n) is 3.51. The molecule has 0 saturated heterocycles. The predicted octanol–water partition coefficient (Wildman–Crippen LogP) is 1.61. The van der Waals surface area contributed by atoms with Crippen molar-refractivity contribution >= 4 is 0 Å². The SMILES string of the molecule is COCc1cc2c(cc1C(C)O)OCO2. The highest BCUT2D eigenvalue weighted by molar-refractivity contribution is 5.49. The molecule has 4 heteroatoms. The predicted molar refractivity (Wildman–Crippen MR) is 53.9 cm³/mol. The molecule has 0 amide bonds. The Labute approximate surface area is 88.4 Å². The van der Waals surface area contributed by atoms with Crippen molar-refractivity contribution in [2.24, 2.45) is 0 Å². The van der Waals surface area contributed by atoms with Gasteiger partial charge in [-0.25, -0.2) is 0 Å². The number of hydrogen-bond donors (Lipinski definition) is 1. The average Bonchev–Trinajstić information content (AvgIpc) is 2.63. The lowest BCUT2D eigenvalue weighted by Gasteiger charge is -2.12. The van der Waals surface area contributed by atoms with Gasteiger partial charge in [-0.15, -0.1) is 0 Å². The standard InChI is InChI=1S/C11H14O4/c1-7(12)9-4-11-10(14-6-15-11)3-8(9)5-13-2/h3-4,7,12H,5-6H2,1-2H3. The number of aliphatic hydroxyl groups is 1. The highest BCUT2D eigenvalue weighted by Crippen LogP contribution is 2.36. The Morgan fingerprint density at radius 2 is 2.07 bits per heavy atom. The molecule has 0 radical (unpaired) electrons. The molecule has 2 rings (SSSR count). The van der Waals surface area contributed by atoms with Gasteiger partial charge in [-0.1, -0.05) is 0 Å². The molecule has 0 saturated carbocycles. The number of rotatable bonds is 3. The molecule has 82 valence electrons. The van der Waals surface area contributed by atoms with Gasteiger partial charge in [0.25, 0.3) is 0 Å². The molecule has 1 aromatic carbocycles. The van der Waals surface area contributed by atoms with Gasteiger partial charge in [-0.3, -0.25) is 0 Å². The normalized spacial score (nSPS) is 15.4. The summed E-state index contributed by atoms with van der Waals surface area (Å²) in [4.78, 5) is 0. The van der Waals surface area contributed by atoms with E-state index in [2.05, 4.69) is 0 Å². The summed E-state index contributed by atoms with van der Waals surface area (Å²) < 4.78 is 15.6. The first-order valence-electron chi connectivity index (χ1n) is 4.82. The minimum absolute atomic E-state index is 0.241. The van der Waals surface area contributed by atoms with Crippen LogP contribution < -0.4 is 9.47 Å². The molecular weight excluding hydrogens is 196 g/mol. The lowest BCUT2D eigenvalue weighted by molar-refractivity contribution is 0.170. The van der Waals surface area contributed by atoms with Gasteiger partial charge in [0.1, 0.15) is 0 Å². The minimum atomic E-state index is -0.537. The van der Waals surface area contributed by atoms with E-state index in [4.69, 9.17) is 14.2 Å². The molecule has 4 nitrogen and oxygen atoms in total. The maximum Gasteiger partial charge on any atom is 0.231 e. The third kappa shape index (κ3) is 1.91. The molecule has 0 aromatic heterocycles. The maximum atomic E-state index is 9.61. The Morgan fingerprint density at radius 1 is 1.40 bits per heavy atom. The Bertz CT molecular complexity index is 360. The molecule has 1 aliphatic rings. The molecule has 1 aliphatic heterocycles. The van der Waals surface area contributed by atoms with Crippen LogP contribution >= 0.6 is 0 Å². The van der Waals surface area contributed by atoms with E-state index in [0.29, 0.717) is 18.1 Å². The van der Waals surface area contributed by atoms with Crippen LogP contribution in [0, 0.1) is 0 Å². The first-order valence-corrected chi connectivity index (χ1v) is 4.82. The van der Waals surface area contributed by atoms with Gasteiger partial charge in [0.15, 0.2) is 11.5 Å². The third-order valence-corrected chi connectivity index (χ3v) is 2.38. The van der Waals surface area contributed by atoms with E-state index in [-0.39, 0.29) is 6.79 Å². The smallest absolute Gasteiger partial charge is 0.231 e. The van der Waals surface area contributed by atoms with Crippen LogP contribution in [0.1, 0.15) is 24.2 Å². The van der Waals surface area contributed by atoms with Gasteiger partial charge < -0.3 is 19.3 Å². The van der Waals surface area contributed by atoms with Crippen molar-refractivity contribution in [2.45, 2.75) is 19.6 Å². The molecule has 0 spiro atoms. The second-order valence-corrected chi connectivity index (χ2v) is 3.51. The molecule has 0 aliphatic carbocycles. The van der Waals surface area contributed by atoms with Crippen molar-refractivity contribution < 1.29 is 19.3 Å². The Morgan fingerprint density at radius 3 is 2.67 bits per heavy atom. The van der Waals surface area contributed by atoms with E-state index in [9.17, 15) is 5.11 Å². The number of ether oxygens (including phenoxy) is 3. The monoisotopic (exact) mass is 210 g/mol. The zero-order chi connectivity index (χ0) is 10.8. The lowest BCUT2D eigenvalue weighted by Crippen LogP contribution is -2.00. The lowest BCUT2D eigenvalue weighted by atomic mass is 10.0. The van der Waals surface area contributed by atoms with Gasteiger partial charge in [0.05, 0.1) is 12.7 Å². The van der Waals surface area contributed by atoms with Crippen molar-refractivity contribution in [3.63, 3.8) is 0 Å². The quantitative estimate of drug-likeness (QED) is 0.823.